The Bertz CT molecular complexity index is 541. The highest BCUT2D eigenvalue weighted by molar-refractivity contribution is 7.92. The van der Waals surface area contributed by atoms with E-state index in [1.54, 1.807) is 24.3 Å². The summed E-state index contributed by atoms with van der Waals surface area (Å²) in [5, 5.41) is -0.547. The fraction of sp³-hybridized carbons (Fsp3) is 0.462. The van der Waals surface area contributed by atoms with E-state index in [1.165, 1.54) is 7.11 Å². The molecule has 0 unspecified atom stereocenters. The van der Waals surface area contributed by atoms with Crippen LogP contribution in [0.25, 0.3) is 0 Å². The van der Waals surface area contributed by atoms with E-state index >= 15 is 0 Å². The lowest BCUT2D eigenvalue weighted by Crippen LogP contribution is -2.28. The summed E-state index contributed by atoms with van der Waals surface area (Å²) in [7, 11) is -1.90. The normalized spacial score (nSPS) is 19.3. The monoisotopic (exact) mass is 284 g/mol. The van der Waals surface area contributed by atoms with Gasteiger partial charge in [-0.1, -0.05) is 0 Å². The highest BCUT2D eigenvalue weighted by atomic mass is 32.2. The fourth-order valence-electron chi connectivity index (χ4n) is 1.96. The molecular formula is C13H16O5S. The van der Waals surface area contributed by atoms with Crippen LogP contribution in [-0.2, 0) is 14.6 Å². The van der Waals surface area contributed by atoms with Gasteiger partial charge in [-0.05, 0) is 30.7 Å². The number of benzene rings is 1. The zero-order chi connectivity index (χ0) is 13.9. The highest BCUT2D eigenvalue weighted by Gasteiger charge is 2.31. The second-order valence-corrected chi connectivity index (χ2v) is 6.73. The van der Waals surface area contributed by atoms with Gasteiger partial charge in [-0.3, -0.25) is 4.79 Å². The second kappa shape index (κ2) is 5.71. The predicted molar refractivity (Wildman–Crippen MR) is 70.3 cm³/mol. The SMILES string of the molecule is COc1ccc(C(=O)CS(=O)(=O)[C@@H]2CCOC2)cc1. The van der Waals surface area contributed by atoms with Crippen LogP contribution in [0, 0.1) is 0 Å². The summed E-state index contributed by atoms with van der Waals surface area (Å²) in [5.41, 5.74) is 0.378. The van der Waals surface area contributed by atoms with E-state index < -0.39 is 26.6 Å². The number of ketones is 1. The lowest BCUT2D eigenvalue weighted by molar-refractivity contribution is 0.102. The molecule has 1 aromatic carbocycles. The Hall–Kier alpha value is -1.40. The van der Waals surface area contributed by atoms with E-state index in [0.29, 0.717) is 24.3 Å². The van der Waals surface area contributed by atoms with E-state index in [0.717, 1.165) is 0 Å². The molecule has 5 nitrogen and oxygen atoms in total. The first kappa shape index (κ1) is 14.0. The Morgan fingerprint density at radius 2 is 2.05 bits per heavy atom. The molecule has 6 heteroatoms. The molecular weight excluding hydrogens is 268 g/mol. The van der Waals surface area contributed by atoms with Crippen LogP contribution in [0.2, 0.25) is 0 Å². The average Bonchev–Trinajstić information content (AvgIpc) is 2.93. The molecule has 0 bridgehead atoms. The molecule has 2 rings (SSSR count). The molecule has 19 heavy (non-hydrogen) atoms. The van der Waals surface area contributed by atoms with Crippen molar-refractivity contribution < 1.29 is 22.7 Å². The van der Waals surface area contributed by atoms with Gasteiger partial charge in [0.1, 0.15) is 11.5 Å². The van der Waals surface area contributed by atoms with Gasteiger partial charge in [-0.2, -0.15) is 0 Å². The van der Waals surface area contributed by atoms with Crippen LogP contribution in [0.5, 0.6) is 5.75 Å². The van der Waals surface area contributed by atoms with Crippen molar-refractivity contribution in [3.63, 3.8) is 0 Å². The van der Waals surface area contributed by atoms with Crippen molar-refractivity contribution in [3.8, 4) is 5.75 Å². The molecule has 0 amide bonds. The molecule has 0 N–H and O–H groups in total. The van der Waals surface area contributed by atoms with Gasteiger partial charge in [-0.15, -0.1) is 0 Å². The first-order chi connectivity index (χ1) is 9.03. The van der Waals surface area contributed by atoms with Gasteiger partial charge in [0.25, 0.3) is 0 Å². The third-order valence-corrected chi connectivity index (χ3v) is 5.19. The van der Waals surface area contributed by atoms with E-state index in [-0.39, 0.29) is 6.61 Å². The smallest absolute Gasteiger partial charge is 0.177 e. The molecule has 1 saturated heterocycles. The molecule has 1 aliphatic rings. The molecule has 0 aromatic heterocycles. The Morgan fingerprint density at radius 3 is 2.58 bits per heavy atom. The largest absolute Gasteiger partial charge is 0.497 e. The van der Waals surface area contributed by atoms with Gasteiger partial charge >= 0.3 is 0 Å². The molecule has 1 aliphatic heterocycles. The highest BCUT2D eigenvalue weighted by Crippen LogP contribution is 2.17. The lowest BCUT2D eigenvalue weighted by Gasteiger charge is -2.09. The molecule has 1 aromatic rings. The standard InChI is InChI=1S/C13H16O5S/c1-17-11-4-2-10(3-5-11)13(14)9-19(15,16)12-6-7-18-8-12/h2-5,12H,6-9H2,1H3/t12-/m1/s1. The zero-order valence-corrected chi connectivity index (χ0v) is 11.5. The van der Waals surface area contributed by atoms with Gasteiger partial charge in [0.15, 0.2) is 15.6 Å². The lowest BCUT2D eigenvalue weighted by atomic mass is 10.1. The van der Waals surface area contributed by atoms with E-state index in [9.17, 15) is 13.2 Å². The zero-order valence-electron chi connectivity index (χ0n) is 10.7. The van der Waals surface area contributed by atoms with Crippen molar-refractivity contribution in [1.82, 2.24) is 0 Å². The van der Waals surface area contributed by atoms with E-state index in [1.807, 2.05) is 0 Å². The maximum absolute atomic E-state index is 12.0. The predicted octanol–water partition coefficient (Wildman–Crippen LogP) is 1.08. The van der Waals surface area contributed by atoms with Gasteiger partial charge in [0, 0.05) is 12.2 Å². The summed E-state index contributed by atoms with van der Waals surface area (Å²) < 4.78 is 34.1. The number of carbonyl (C=O) groups is 1. The number of hydrogen-bond donors (Lipinski definition) is 0. The van der Waals surface area contributed by atoms with Gasteiger partial charge in [0.05, 0.1) is 19.0 Å². The molecule has 1 heterocycles. The van der Waals surface area contributed by atoms with Crippen molar-refractivity contribution in [2.45, 2.75) is 11.7 Å². The molecule has 104 valence electrons. The van der Waals surface area contributed by atoms with Crippen molar-refractivity contribution in [1.29, 1.82) is 0 Å². The third-order valence-electron chi connectivity index (χ3n) is 3.14. The Balaban J connectivity index is 2.07. The number of rotatable bonds is 5. The van der Waals surface area contributed by atoms with Crippen LogP contribution in [0.3, 0.4) is 0 Å². The van der Waals surface area contributed by atoms with Crippen LogP contribution in [0.15, 0.2) is 24.3 Å². The molecule has 1 atom stereocenters. The molecule has 0 spiro atoms. The quantitative estimate of drug-likeness (QED) is 0.757. The summed E-state index contributed by atoms with van der Waals surface area (Å²) in [5.74, 6) is -0.231. The van der Waals surface area contributed by atoms with E-state index in [4.69, 9.17) is 9.47 Å². The van der Waals surface area contributed by atoms with Gasteiger partial charge in [0.2, 0.25) is 0 Å². The second-order valence-electron chi connectivity index (χ2n) is 4.44. The topological polar surface area (TPSA) is 69.7 Å². The number of methoxy groups -OCH3 is 1. The van der Waals surface area contributed by atoms with Crippen molar-refractivity contribution in [3.05, 3.63) is 29.8 Å². The van der Waals surface area contributed by atoms with E-state index in [2.05, 4.69) is 0 Å². The molecule has 0 radical (unpaired) electrons. The molecule has 0 aliphatic carbocycles. The van der Waals surface area contributed by atoms with Crippen LogP contribution in [0.1, 0.15) is 16.8 Å². The Kier molecular flexibility index (Phi) is 4.21. The average molecular weight is 284 g/mol. The minimum Gasteiger partial charge on any atom is -0.497 e. The van der Waals surface area contributed by atoms with Crippen LogP contribution in [-0.4, -0.2) is 45.5 Å². The van der Waals surface area contributed by atoms with Crippen LogP contribution < -0.4 is 4.74 Å². The van der Waals surface area contributed by atoms with Crippen LogP contribution >= 0.6 is 0 Å². The molecule has 1 fully saturated rings. The number of ether oxygens (including phenoxy) is 2. The maximum atomic E-state index is 12.0. The van der Waals surface area contributed by atoms with Crippen molar-refractivity contribution in [2.24, 2.45) is 0 Å². The Labute approximate surface area is 112 Å². The summed E-state index contributed by atoms with van der Waals surface area (Å²) in [6.07, 6.45) is 0.470. The van der Waals surface area contributed by atoms with Crippen molar-refractivity contribution in [2.75, 3.05) is 26.1 Å². The number of Topliss-reactive ketones (excluding diaryl/α,β-unsaturated/α-hetero) is 1. The summed E-state index contributed by atoms with van der Waals surface area (Å²) in [4.78, 5) is 12.0. The minimum atomic E-state index is -3.43. The van der Waals surface area contributed by atoms with Crippen molar-refractivity contribution >= 4 is 15.6 Å². The maximum Gasteiger partial charge on any atom is 0.177 e. The summed E-state index contributed by atoms with van der Waals surface area (Å²) >= 11 is 0. The minimum absolute atomic E-state index is 0.193. The number of sulfone groups is 1. The number of carbonyl (C=O) groups excluding carboxylic acids is 1. The van der Waals surface area contributed by atoms with Crippen LogP contribution in [0.4, 0.5) is 0 Å². The first-order valence-corrected chi connectivity index (χ1v) is 7.71. The Morgan fingerprint density at radius 1 is 1.37 bits per heavy atom. The third kappa shape index (κ3) is 3.33. The van der Waals surface area contributed by atoms with Gasteiger partial charge < -0.3 is 9.47 Å². The number of hydrogen-bond acceptors (Lipinski definition) is 5. The summed E-state index contributed by atoms with van der Waals surface area (Å²) in [6.45, 7) is 0.638. The van der Waals surface area contributed by atoms with Gasteiger partial charge in [-0.25, -0.2) is 8.42 Å². The summed E-state index contributed by atoms with van der Waals surface area (Å²) in [6, 6.07) is 6.42. The first-order valence-electron chi connectivity index (χ1n) is 5.99. The fourth-order valence-corrected chi connectivity index (χ4v) is 3.48. The molecule has 0 saturated carbocycles.